The topological polar surface area (TPSA) is 63.8 Å². The van der Waals surface area contributed by atoms with E-state index in [1.807, 2.05) is 0 Å². The van der Waals surface area contributed by atoms with E-state index in [1.54, 1.807) is 12.3 Å². The van der Waals surface area contributed by atoms with Crippen LogP contribution in [0.2, 0.25) is 0 Å². The van der Waals surface area contributed by atoms with Crippen molar-refractivity contribution in [2.24, 2.45) is 0 Å². The summed E-state index contributed by atoms with van der Waals surface area (Å²) in [6, 6.07) is 2.38. The number of hydrogen-bond donors (Lipinski definition) is 2. The van der Waals surface area contributed by atoms with Crippen molar-refractivity contribution in [1.82, 2.24) is 15.3 Å². The summed E-state index contributed by atoms with van der Waals surface area (Å²) in [5.74, 6) is 1.32. The van der Waals surface area contributed by atoms with Crippen LogP contribution < -0.4 is 11.1 Å². The molecule has 0 radical (unpaired) electrons. The van der Waals surface area contributed by atoms with E-state index in [4.69, 9.17) is 5.73 Å². The van der Waals surface area contributed by atoms with Crippen LogP contribution >= 0.6 is 0 Å². The third-order valence-corrected chi connectivity index (χ3v) is 1.85. The molecule has 1 aliphatic rings. The van der Waals surface area contributed by atoms with Crippen LogP contribution in [0.1, 0.15) is 18.7 Å². The van der Waals surface area contributed by atoms with Gasteiger partial charge in [0.2, 0.25) is 0 Å². The average molecular weight is 164 g/mol. The van der Waals surface area contributed by atoms with E-state index in [0.29, 0.717) is 11.9 Å². The molecule has 12 heavy (non-hydrogen) atoms. The second-order valence-electron chi connectivity index (χ2n) is 3.05. The molecule has 0 aliphatic heterocycles. The third kappa shape index (κ3) is 1.92. The maximum Gasteiger partial charge on any atom is 0.144 e. The molecule has 3 N–H and O–H groups in total. The summed E-state index contributed by atoms with van der Waals surface area (Å²) in [5, 5.41) is 3.32. The van der Waals surface area contributed by atoms with Gasteiger partial charge in [-0.25, -0.2) is 9.97 Å². The highest BCUT2D eigenvalue weighted by atomic mass is 15.0. The Balaban J connectivity index is 1.92. The zero-order valence-electron chi connectivity index (χ0n) is 6.83. The van der Waals surface area contributed by atoms with Gasteiger partial charge < -0.3 is 11.1 Å². The molecule has 0 amide bonds. The van der Waals surface area contributed by atoms with E-state index >= 15 is 0 Å². The molecule has 1 aliphatic carbocycles. The lowest BCUT2D eigenvalue weighted by Gasteiger charge is -2.00. The molecule has 1 aromatic heterocycles. The van der Waals surface area contributed by atoms with E-state index < -0.39 is 0 Å². The van der Waals surface area contributed by atoms with Crippen LogP contribution in [0.4, 0.5) is 5.82 Å². The summed E-state index contributed by atoms with van der Waals surface area (Å²) in [4.78, 5) is 8.16. The largest absolute Gasteiger partial charge is 0.384 e. The summed E-state index contributed by atoms with van der Waals surface area (Å²) in [5.41, 5.74) is 5.50. The number of nitrogens with one attached hydrogen (secondary N) is 1. The molecule has 1 fully saturated rings. The van der Waals surface area contributed by atoms with Gasteiger partial charge in [-0.3, -0.25) is 0 Å². The van der Waals surface area contributed by atoms with E-state index in [0.717, 1.165) is 12.4 Å². The molecule has 1 saturated carbocycles. The van der Waals surface area contributed by atoms with Gasteiger partial charge in [0.15, 0.2) is 0 Å². The second-order valence-corrected chi connectivity index (χ2v) is 3.05. The summed E-state index contributed by atoms with van der Waals surface area (Å²) < 4.78 is 0. The Morgan fingerprint density at radius 2 is 2.42 bits per heavy atom. The molecule has 0 aromatic carbocycles. The average Bonchev–Trinajstić information content (AvgIpc) is 2.84. The van der Waals surface area contributed by atoms with Crippen molar-refractivity contribution in [3.05, 3.63) is 18.1 Å². The van der Waals surface area contributed by atoms with Gasteiger partial charge in [-0.05, 0) is 18.9 Å². The summed E-state index contributed by atoms with van der Waals surface area (Å²) in [7, 11) is 0. The second kappa shape index (κ2) is 3.06. The number of nitrogen functional groups attached to an aromatic ring is 1. The van der Waals surface area contributed by atoms with Crippen LogP contribution in [-0.4, -0.2) is 16.0 Å². The van der Waals surface area contributed by atoms with Gasteiger partial charge in [0.25, 0.3) is 0 Å². The zero-order chi connectivity index (χ0) is 8.39. The maximum absolute atomic E-state index is 5.50. The number of anilines is 1. The fraction of sp³-hybridized carbons (Fsp3) is 0.500. The summed E-state index contributed by atoms with van der Waals surface area (Å²) in [6.45, 7) is 0.732. The number of hydrogen-bond acceptors (Lipinski definition) is 4. The molecule has 0 unspecified atom stereocenters. The van der Waals surface area contributed by atoms with Crippen LogP contribution in [0.25, 0.3) is 0 Å². The first-order valence-electron chi connectivity index (χ1n) is 4.15. The number of nitrogens with two attached hydrogens (primary N) is 1. The standard InChI is InChI=1S/C8H12N4/c9-7-3-4-10-8(12-7)5-11-6-1-2-6/h3-4,6,11H,1-2,5H2,(H2,9,10,12). The number of rotatable bonds is 3. The summed E-state index contributed by atoms with van der Waals surface area (Å²) >= 11 is 0. The van der Waals surface area contributed by atoms with Gasteiger partial charge in [-0.15, -0.1) is 0 Å². The van der Waals surface area contributed by atoms with Crippen LogP contribution in [0.5, 0.6) is 0 Å². The molecule has 1 aromatic rings. The minimum absolute atomic E-state index is 0.539. The van der Waals surface area contributed by atoms with Gasteiger partial charge in [0.05, 0.1) is 6.54 Å². The molecule has 0 saturated heterocycles. The minimum atomic E-state index is 0.539. The SMILES string of the molecule is Nc1ccnc(CNC2CC2)n1. The van der Waals surface area contributed by atoms with Gasteiger partial charge in [-0.2, -0.15) is 0 Å². The molecule has 0 spiro atoms. The number of nitrogens with zero attached hydrogens (tertiary/aromatic N) is 2. The van der Waals surface area contributed by atoms with Crippen LogP contribution in [0, 0.1) is 0 Å². The van der Waals surface area contributed by atoms with Crippen LogP contribution in [0.15, 0.2) is 12.3 Å². The van der Waals surface area contributed by atoms with E-state index in [1.165, 1.54) is 12.8 Å². The van der Waals surface area contributed by atoms with Gasteiger partial charge in [-0.1, -0.05) is 0 Å². The van der Waals surface area contributed by atoms with Crippen molar-refractivity contribution in [1.29, 1.82) is 0 Å². The Morgan fingerprint density at radius 1 is 1.58 bits per heavy atom. The monoisotopic (exact) mass is 164 g/mol. The molecule has 1 heterocycles. The van der Waals surface area contributed by atoms with E-state index in [2.05, 4.69) is 15.3 Å². The Bertz CT molecular complexity index is 270. The minimum Gasteiger partial charge on any atom is -0.384 e. The van der Waals surface area contributed by atoms with Crippen molar-refractivity contribution < 1.29 is 0 Å². The quantitative estimate of drug-likeness (QED) is 0.675. The summed E-state index contributed by atoms with van der Waals surface area (Å²) in [6.07, 6.45) is 4.25. The number of aromatic nitrogens is 2. The third-order valence-electron chi connectivity index (χ3n) is 1.85. The molecular weight excluding hydrogens is 152 g/mol. The molecular formula is C8H12N4. The van der Waals surface area contributed by atoms with E-state index in [9.17, 15) is 0 Å². The van der Waals surface area contributed by atoms with Crippen molar-refractivity contribution in [3.63, 3.8) is 0 Å². The van der Waals surface area contributed by atoms with Crippen LogP contribution in [0.3, 0.4) is 0 Å². The normalized spacial score (nSPS) is 16.3. The lowest BCUT2D eigenvalue weighted by atomic mass is 10.5. The first-order valence-corrected chi connectivity index (χ1v) is 4.15. The van der Waals surface area contributed by atoms with Gasteiger partial charge in [0, 0.05) is 12.2 Å². The highest BCUT2D eigenvalue weighted by Gasteiger charge is 2.20. The van der Waals surface area contributed by atoms with E-state index in [-0.39, 0.29) is 0 Å². The first-order chi connectivity index (χ1) is 5.84. The predicted octanol–water partition coefficient (Wildman–Crippen LogP) is 0.311. The van der Waals surface area contributed by atoms with Gasteiger partial charge >= 0.3 is 0 Å². The van der Waals surface area contributed by atoms with Gasteiger partial charge in [0.1, 0.15) is 11.6 Å². The van der Waals surface area contributed by atoms with Crippen molar-refractivity contribution in [3.8, 4) is 0 Å². The Kier molecular flexibility index (Phi) is 1.91. The Morgan fingerprint density at radius 3 is 3.08 bits per heavy atom. The molecule has 64 valence electrons. The lowest BCUT2D eigenvalue weighted by Crippen LogP contribution is -2.17. The predicted molar refractivity (Wildman–Crippen MR) is 46.3 cm³/mol. The molecule has 4 heteroatoms. The van der Waals surface area contributed by atoms with Crippen molar-refractivity contribution >= 4 is 5.82 Å². The fourth-order valence-corrected chi connectivity index (χ4v) is 1.02. The highest BCUT2D eigenvalue weighted by molar-refractivity contribution is 5.24. The zero-order valence-corrected chi connectivity index (χ0v) is 6.83. The Hall–Kier alpha value is -1.16. The van der Waals surface area contributed by atoms with Crippen molar-refractivity contribution in [2.45, 2.75) is 25.4 Å². The smallest absolute Gasteiger partial charge is 0.144 e. The molecule has 2 rings (SSSR count). The molecule has 0 atom stereocenters. The fourth-order valence-electron chi connectivity index (χ4n) is 1.02. The molecule has 4 nitrogen and oxygen atoms in total. The first kappa shape index (κ1) is 7.49. The molecule has 0 bridgehead atoms. The maximum atomic E-state index is 5.50. The van der Waals surface area contributed by atoms with Crippen molar-refractivity contribution in [2.75, 3.05) is 5.73 Å². The lowest BCUT2D eigenvalue weighted by molar-refractivity contribution is 0.658. The Labute approximate surface area is 71.2 Å². The highest BCUT2D eigenvalue weighted by Crippen LogP contribution is 2.18. The van der Waals surface area contributed by atoms with Crippen LogP contribution in [-0.2, 0) is 6.54 Å².